The number of anilines is 1. The summed E-state index contributed by atoms with van der Waals surface area (Å²) in [6.07, 6.45) is 1.11. The Morgan fingerprint density at radius 1 is 1.50 bits per heavy atom. The minimum absolute atomic E-state index is 0.550. The standard InChI is InChI=1S/C13H19BrN2/c1-9(2)7-15-10-6-11-12(14)4-3-5-13(11)16-8-10/h3-5,9-10,15-16H,6-8H2,1-2H3. The van der Waals surface area contributed by atoms with Gasteiger partial charge in [0.2, 0.25) is 0 Å². The number of hydrogen-bond donors (Lipinski definition) is 2. The van der Waals surface area contributed by atoms with Gasteiger partial charge >= 0.3 is 0 Å². The fourth-order valence-electron chi connectivity index (χ4n) is 2.03. The summed E-state index contributed by atoms with van der Waals surface area (Å²) in [6, 6.07) is 6.90. The maximum absolute atomic E-state index is 3.62. The Morgan fingerprint density at radius 3 is 3.06 bits per heavy atom. The third-order valence-corrected chi connectivity index (χ3v) is 3.67. The van der Waals surface area contributed by atoms with E-state index in [1.807, 2.05) is 0 Å². The number of fused-ring (bicyclic) bond motifs is 1. The summed E-state index contributed by atoms with van der Waals surface area (Å²) >= 11 is 3.62. The Morgan fingerprint density at radius 2 is 2.31 bits per heavy atom. The second-order valence-corrected chi connectivity index (χ2v) is 5.70. The van der Waals surface area contributed by atoms with Crippen LogP contribution in [0, 0.1) is 5.92 Å². The lowest BCUT2D eigenvalue weighted by Crippen LogP contribution is -2.41. The van der Waals surface area contributed by atoms with Crippen molar-refractivity contribution in [3.05, 3.63) is 28.2 Å². The fourth-order valence-corrected chi connectivity index (χ4v) is 2.56. The van der Waals surface area contributed by atoms with Gasteiger partial charge in [-0.25, -0.2) is 0 Å². The monoisotopic (exact) mass is 282 g/mol. The molecular weight excluding hydrogens is 264 g/mol. The average Bonchev–Trinajstić information content (AvgIpc) is 2.27. The van der Waals surface area contributed by atoms with E-state index in [9.17, 15) is 0 Å². The first-order valence-corrected chi connectivity index (χ1v) is 6.70. The van der Waals surface area contributed by atoms with E-state index >= 15 is 0 Å². The zero-order chi connectivity index (χ0) is 11.5. The number of nitrogens with one attached hydrogen (secondary N) is 2. The van der Waals surface area contributed by atoms with E-state index in [4.69, 9.17) is 0 Å². The quantitative estimate of drug-likeness (QED) is 0.891. The first-order valence-electron chi connectivity index (χ1n) is 5.91. The van der Waals surface area contributed by atoms with Crippen molar-refractivity contribution in [2.75, 3.05) is 18.4 Å². The lowest BCUT2D eigenvalue weighted by Gasteiger charge is -2.28. The van der Waals surface area contributed by atoms with Gasteiger partial charge in [0.1, 0.15) is 0 Å². The molecule has 1 aromatic carbocycles. The molecule has 0 aliphatic carbocycles. The van der Waals surface area contributed by atoms with E-state index in [1.54, 1.807) is 0 Å². The predicted octanol–water partition coefficient (Wildman–Crippen LogP) is 3.03. The molecule has 1 aromatic rings. The molecule has 88 valence electrons. The van der Waals surface area contributed by atoms with Crippen LogP contribution in [0.5, 0.6) is 0 Å². The van der Waals surface area contributed by atoms with Crippen LogP contribution >= 0.6 is 15.9 Å². The zero-order valence-electron chi connectivity index (χ0n) is 9.89. The van der Waals surface area contributed by atoms with E-state index in [0.717, 1.165) is 19.5 Å². The molecule has 0 spiro atoms. The van der Waals surface area contributed by atoms with Gasteiger partial charge in [-0.05, 0) is 36.6 Å². The summed E-state index contributed by atoms with van der Waals surface area (Å²) < 4.78 is 1.22. The first kappa shape index (κ1) is 11.9. The number of hydrogen-bond acceptors (Lipinski definition) is 2. The molecule has 1 unspecified atom stereocenters. The minimum atomic E-state index is 0.550. The summed E-state index contributed by atoms with van der Waals surface area (Å²) in [6.45, 7) is 6.60. The summed E-state index contributed by atoms with van der Waals surface area (Å²) in [5.41, 5.74) is 2.67. The lowest BCUT2D eigenvalue weighted by atomic mass is 9.99. The van der Waals surface area contributed by atoms with Crippen molar-refractivity contribution in [3.8, 4) is 0 Å². The van der Waals surface area contributed by atoms with Crippen molar-refractivity contribution in [2.24, 2.45) is 5.92 Å². The van der Waals surface area contributed by atoms with E-state index < -0.39 is 0 Å². The predicted molar refractivity (Wildman–Crippen MR) is 73.0 cm³/mol. The highest BCUT2D eigenvalue weighted by Gasteiger charge is 2.19. The van der Waals surface area contributed by atoms with Gasteiger partial charge in [0, 0.05) is 22.7 Å². The van der Waals surface area contributed by atoms with Crippen molar-refractivity contribution in [3.63, 3.8) is 0 Å². The summed E-state index contributed by atoms with van der Waals surface area (Å²) in [4.78, 5) is 0. The van der Waals surface area contributed by atoms with Crippen LogP contribution in [-0.4, -0.2) is 19.1 Å². The molecule has 0 saturated heterocycles. The second-order valence-electron chi connectivity index (χ2n) is 4.85. The molecule has 1 atom stereocenters. The van der Waals surface area contributed by atoms with Crippen LogP contribution in [0.1, 0.15) is 19.4 Å². The van der Waals surface area contributed by atoms with Crippen LogP contribution in [-0.2, 0) is 6.42 Å². The van der Waals surface area contributed by atoms with Crippen molar-refractivity contribution >= 4 is 21.6 Å². The highest BCUT2D eigenvalue weighted by Crippen LogP contribution is 2.28. The maximum Gasteiger partial charge on any atom is 0.0385 e. The van der Waals surface area contributed by atoms with Crippen LogP contribution in [0.3, 0.4) is 0 Å². The van der Waals surface area contributed by atoms with Gasteiger partial charge in [-0.15, -0.1) is 0 Å². The Labute approximate surface area is 106 Å². The van der Waals surface area contributed by atoms with Gasteiger partial charge < -0.3 is 10.6 Å². The van der Waals surface area contributed by atoms with Gasteiger partial charge in [-0.2, -0.15) is 0 Å². The van der Waals surface area contributed by atoms with E-state index in [2.05, 4.69) is 58.6 Å². The third kappa shape index (κ3) is 2.77. The smallest absolute Gasteiger partial charge is 0.0385 e. The molecule has 0 amide bonds. The highest BCUT2D eigenvalue weighted by atomic mass is 79.9. The van der Waals surface area contributed by atoms with Crippen LogP contribution in [0.4, 0.5) is 5.69 Å². The van der Waals surface area contributed by atoms with Crippen molar-refractivity contribution in [1.29, 1.82) is 0 Å². The van der Waals surface area contributed by atoms with Crippen LogP contribution in [0.25, 0.3) is 0 Å². The zero-order valence-corrected chi connectivity index (χ0v) is 11.5. The van der Waals surface area contributed by atoms with Gasteiger partial charge in [-0.3, -0.25) is 0 Å². The lowest BCUT2D eigenvalue weighted by molar-refractivity contribution is 0.465. The largest absolute Gasteiger partial charge is 0.383 e. The molecule has 0 aromatic heterocycles. The summed E-state index contributed by atoms with van der Waals surface area (Å²) in [7, 11) is 0. The Kier molecular flexibility index (Phi) is 3.87. The number of halogens is 1. The minimum Gasteiger partial charge on any atom is -0.383 e. The SMILES string of the molecule is CC(C)CNC1CNc2cccc(Br)c2C1. The molecule has 2 N–H and O–H groups in total. The number of benzene rings is 1. The fraction of sp³-hybridized carbons (Fsp3) is 0.538. The maximum atomic E-state index is 3.62. The van der Waals surface area contributed by atoms with E-state index in [1.165, 1.54) is 15.7 Å². The Bertz CT molecular complexity index is 363. The van der Waals surface area contributed by atoms with Crippen LogP contribution in [0.2, 0.25) is 0 Å². The van der Waals surface area contributed by atoms with Crippen LogP contribution in [0.15, 0.2) is 22.7 Å². The van der Waals surface area contributed by atoms with E-state index in [-0.39, 0.29) is 0 Å². The van der Waals surface area contributed by atoms with Crippen molar-refractivity contribution in [2.45, 2.75) is 26.3 Å². The molecule has 2 nitrogen and oxygen atoms in total. The number of rotatable bonds is 3. The summed E-state index contributed by atoms with van der Waals surface area (Å²) in [5.74, 6) is 0.709. The average molecular weight is 283 g/mol. The molecule has 16 heavy (non-hydrogen) atoms. The Hall–Kier alpha value is -0.540. The molecular formula is C13H19BrN2. The van der Waals surface area contributed by atoms with E-state index in [0.29, 0.717) is 12.0 Å². The topological polar surface area (TPSA) is 24.1 Å². The molecule has 1 aliphatic heterocycles. The van der Waals surface area contributed by atoms with Crippen molar-refractivity contribution < 1.29 is 0 Å². The van der Waals surface area contributed by atoms with Crippen molar-refractivity contribution in [1.82, 2.24) is 5.32 Å². The van der Waals surface area contributed by atoms with Gasteiger partial charge in [0.05, 0.1) is 0 Å². The highest BCUT2D eigenvalue weighted by molar-refractivity contribution is 9.10. The summed E-state index contributed by atoms with van der Waals surface area (Å²) in [5, 5.41) is 7.09. The third-order valence-electron chi connectivity index (χ3n) is 2.92. The second kappa shape index (κ2) is 5.19. The molecule has 0 radical (unpaired) electrons. The molecule has 1 aliphatic rings. The van der Waals surface area contributed by atoms with Gasteiger partial charge in [0.15, 0.2) is 0 Å². The van der Waals surface area contributed by atoms with Gasteiger partial charge in [-0.1, -0.05) is 35.8 Å². The van der Waals surface area contributed by atoms with Gasteiger partial charge in [0.25, 0.3) is 0 Å². The first-order chi connectivity index (χ1) is 7.66. The molecule has 1 heterocycles. The molecule has 3 heteroatoms. The Balaban J connectivity index is 2.03. The van der Waals surface area contributed by atoms with Crippen LogP contribution < -0.4 is 10.6 Å². The molecule has 2 rings (SSSR count). The molecule has 0 saturated carbocycles. The molecule has 0 fully saturated rings. The molecule has 0 bridgehead atoms. The normalized spacial score (nSPS) is 19.4.